The van der Waals surface area contributed by atoms with Crippen LogP contribution in [0, 0.1) is 17.8 Å². The highest BCUT2D eigenvalue weighted by molar-refractivity contribution is 5.71. The second-order valence-electron chi connectivity index (χ2n) is 24.0. The third-order valence-electron chi connectivity index (χ3n) is 15.5. The Hall–Kier alpha value is -1.59. The highest BCUT2D eigenvalue weighted by atomic mass is 16.6. The SMILES string of the molecule is CCC(C)CCCCCCCCCCCCC(=O)OC[C@@H](COC(=O)CCCCCCCCCCCCCCCCCCCCC(C)C)OC(=O)CCCCCCCCCCCCCCCCCCC(C)C. The molecule has 0 rings (SSSR count). The van der Waals surface area contributed by atoms with E-state index < -0.39 is 6.10 Å². The summed E-state index contributed by atoms with van der Waals surface area (Å²) in [7, 11) is 0. The average molecular weight is 1020 g/mol. The largest absolute Gasteiger partial charge is 0.462 e. The minimum absolute atomic E-state index is 0.0625. The minimum Gasteiger partial charge on any atom is -0.462 e. The van der Waals surface area contributed by atoms with Gasteiger partial charge in [-0.2, -0.15) is 0 Å². The Bertz CT molecular complexity index is 1120. The van der Waals surface area contributed by atoms with Gasteiger partial charge in [-0.05, 0) is 37.0 Å². The summed E-state index contributed by atoms with van der Waals surface area (Å²) in [4.78, 5) is 38.3. The molecule has 0 aliphatic carbocycles. The maximum Gasteiger partial charge on any atom is 0.306 e. The van der Waals surface area contributed by atoms with Crippen LogP contribution in [0.5, 0.6) is 0 Å². The molecule has 0 aliphatic heterocycles. The highest BCUT2D eigenvalue weighted by Gasteiger charge is 2.19. The molecule has 6 nitrogen and oxygen atoms in total. The quantitative estimate of drug-likeness (QED) is 0.0343. The van der Waals surface area contributed by atoms with E-state index in [4.69, 9.17) is 14.2 Å². The summed E-state index contributed by atoms with van der Waals surface area (Å²) in [6.45, 7) is 13.8. The lowest BCUT2D eigenvalue weighted by molar-refractivity contribution is -0.167. The second-order valence-corrected chi connectivity index (χ2v) is 24.0. The molecule has 0 radical (unpaired) electrons. The van der Waals surface area contributed by atoms with Crippen LogP contribution in [0.3, 0.4) is 0 Å². The molecule has 0 saturated heterocycles. The minimum atomic E-state index is -0.765. The van der Waals surface area contributed by atoms with Gasteiger partial charge in [-0.15, -0.1) is 0 Å². The van der Waals surface area contributed by atoms with Gasteiger partial charge in [0.15, 0.2) is 6.10 Å². The number of carbonyl (C=O) groups is 3. The Morgan fingerprint density at radius 1 is 0.278 bits per heavy atom. The molecule has 0 aliphatic rings. The Kier molecular flexibility index (Phi) is 55.9. The fourth-order valence-electron chi connectivity index (χ4n) is 10.2. The number of unbranched alkanes of at least 4 members (excludes halogenated alkanes) is 41. The summed E-state index contributed by atoms with van der Waals surface area (Å²) in [5.41, 5.74) is 0. The fraction of sp³-hybridized carbons (Fsp3) is 0.955. The number of carbonyl (C=O) groups excluding carboxylic acids is 3. The van der Waals surface area contributed by atoms with Gasteiger partial charge in [0, 0.05) is 19.3 Å². The van der Waals surface area contributed by atoms with Crippen LogP contribution in [0.2, 0.25) is 0 Å². The van der Waals surface area contributed by atoms with Crippen molar-refractivity contribution >= 4 is 17.9 Å². The summed E-state index contributed by atoms with van der Waals surface area (Å²) in [5.74, 6) is 1.75. The van der Waals surface area contributed by atoms with E-state index in [2.05, 4.69) is 41.5 Å². The summed E-state index contributed by atoms with van der Waals surface area (Å²) < 4.78 is 17.0. The molecule has 72 heavy (non-hydrogen) atoms. The van der Waals surface area contributed by atoms with Crippen molar-refractivity contribution in [2.75, 3.05) is 13.2 Å². The van der Waals surface area contributed by atoms with Crippen molar-refractivity contribution in [3.63, 3.8) is 0 Å². The number of esters is 3. The van der Waals surface area contributed by atoms with E-state index in [0.717, 1.165) is 75.5 Å². The summed E-state index contributed by atoms with van der Waals surface area (Å²) in [6.07, 6.45) is 62.4. The molecule has 2 atom stereocenters. The van der Waals surface area contributed by atoms with Crippen molar-refractivity contribution in [2.45, 2.75) is 375 Å². The Morgan fingerprint density at radius 3 is 0.722 bits per heavy atom. The first-order valence-electron chi connectivity index (χ1n) is 32.6. The molecule has 0 spiro atoms. The van der Waals surface area contributed by atoms with Crippen LogP contribution in [0.25, 0.3) is 0 Å². The zero-order valence-corrected chi connectivity index (χ0v) is 49.7. The molecule has 0 bridgehead atoms. The molecule has 0 saturated carbocycles. The van der Waals surface area contributed by atoms with Gasteiger partial charge in [-0.1, -0.05) is 330 Å². The summed E-state index contributed by atoms with van der Waals surface area (Å²) in [5, 5.41) is 0. The Labute approximate surface area is 450 Å². The predicted molar refractivity (Wildman–Crippen MR) is 312 cm³/mol. The Morgan fingerprint density at radius 2 is 0.486 bits per heavy atom. The van der Waals surface area contributed by atoms with Crippen LogP contribution in [-0.4, -0.2) is 37.2 Å². The van der Waals surface area contributed by atoms with Crippen LogP contribution in [0.4, 0.5) is 0 Å². The molecule has 0 N–H and O–H groups in total. The smallest absolute Gasteiger partial charge is 0.306 e. The van der Waals surface area contributed by atoms with E-state index in [1.807, 2.05) is 0 Å². The predicted octanol–water partition coefficient (Wildman–Crippen LogP) is 21.8. The molecule has 0 amide bonds. The molecule has 1 unspecified atom stereocenters. The number of rotatable bonds is 59. The lowest BCUT2D eigenvalue weighted by atomic mass is 9.99. The first kappa shape index (κ1) is 70.4. The van der Waals surface area contributed by atoms with Crippen LogP contribution < -0.4 is 0 Å². The van der Waals surface area contributed by atoms with E-state index in [1.165, 1.54) is 250 Å². The average Bonchev–Trinajstić information content (AvgIpc) is 3.36. The molecule has 0 aromatic heterocycles. The molecular weight excluding hydrogens is 889 g/mol. The Balaban J connectivity index is 4.27. The van der Waals surface area contributed by atoms with Crippen molar-refractivity contribution in [1.82, 2.24) is 0 Å². The van der Waals surface area contributed by atoms with Gasteiger partial charge in [0.1, 0.15) is 13.2 Å². The third-order valence-corrected chi connectivity index (χ3v) is 15.5. The lowest BCUT2D eigenvalue weighted by Crippen LogP contribution is -2.30. The maximum absolute atomic E-state index is 12.9. The fourth-order valence-corrected chi connectivity index (χ4v) is 10.2. The van der Waals surface area contributed by atoms with E-state index in [9.17, 15) is 14.4 Å². The van der Waals surface area contributed by atoms with E-state index >= 15 is 0 Å². The zero-order valence-electron chi connectivity index (χ0n) is 49.7. The third kappa shape index (κ3) is 57.7. The van der Waals surface area contributed by atoms with E-state index in [0.29, 0.717) is 19.3 Å². The maximum atomic E-state index is 12.9. The number of hydrogen-bond donors (Lipinski definition) is 0. The van der Waals surface area contributed by atoms with E-state index in [1.54, 1.807) is 0 Å². The molecule has 428 valence electrons. The van der Waals surface area contributed by atoms with Crippen molar-refractivity contribution in [3.8, 4) is 0 Å². The van der Waals surface area contributed by atoms with Gasteiger partial charge in [0.25, 0.3) is 0 Å². The summed E-state index contributed by atoms with van der Waals surface area (Å²) >= 11 is 0. The van der Waals surface area contributed by atoms with Gasteiger partial charge >= 0.3 is 17.9 Å². The zero-order chi connectivity index (χ0) is 52.6. The second kappa shape index (κ2) is 57.1. The van der Waals surface area contributed by atoms with Crippen LogP contribution in [0.15, 0.2) is 0 Å². The van der Waals surface area contributed by atoms with Gasteiger partial charge in [-0.25, -0.2) is 0 Å². The van der Waals surface area contributed by atoms with Crippen molar-refractivity contribution in [1.29, 1.82) is 0 Å². The first-order chi connectivity index (χ1) is 35.1. The van der Waals surface area contributed by atoms with Crippen LogP contribution in [-0.2, 0) is 28.6 Å². The highest BCUT2D eigenvalue weighted by Crippen LogP contribution is 2.20. The lowest BCUT2D eigenvalue weighted by Gasteiger charge is -2.18. The van der Waals surface area contributed by atoms with Crippen molar-refractivity contribution < 1.29 is 28.6 Å². The van der Waals surface area contributed by atoms with Gasteiger partial charge in [0.05, 0.1) is 0 Å². The molecule has 0 aromatic carbocycles. The normalized spacial score (nSPS) is 12.5. The topological polar surface area (TPSA) is 78.9 Å². The molecular formula is C66H128O6. The molecule has 0 aromatic rings. The van der Waals surface area contributed by atoms with Gasteiger partial charge in [-0.3, -0.25) is 14.4 Å². The van der Waals surface area contributed by atoms with Crippen molar-refractivity contribution in [2.24, 2.45) is 17.8 Å². The molecule has 0 fully saturated rings. The van der Waals surface area contributed by atoms with Crippen LogP contribution in [0.1, 0.15) is 369 Å². The summed E-state index contributed by atoms with van der Waals surface area (Å²) in [6, 6.07) is 0. The van der Waals surface area contributed by atoms with E-state index in [-0.39, 0.29) is 31.1 Å². The first-order valence-corrected chi connectivity index (χ1v) is 32.6. The van der Waals surface area contributed by atoms with Gasteiger partial charge in [0.2, 0.25) is 0 Å². The molecule has 0 heterocycles. The number of ether oxygens (including phenoxy) is 3. The van der Waals surface area contributed by atoms with Crippen LogP contribution >= 0.6 is 0 Å². The number of hydrogen-bond acceptors (Lipinski definition) is 6. The molecule has 6 heteroatoms. The standard InChI is InChI=1S/C66H128O6/c1-7-62(6)54-48-42-36-30-26-27-32-38-44-50-56-65(68)71-59-63(72-66(69)57-51-45-39-33-25-21-17-13-12-15-19-23-29-35-41-47-53-61(4)5)58-70-64(67)55-49-43-37-31-24-20-16-11-9-8-10-14-18-22-28-34-40-46-52-60(2)3/h60-63H,7-59H2,1-6H3/t62?,63-/m1/s1. The van der Waals surface area contributed by atoms with Gasteiger partial charge < -0.3 is 14.2 Å². The monoisotopic (exact) mass is 1020 g/mol. The van der Waals surface area contributed by atoms with Crippen molar-refractivity contribution in [3.05, 3.63) is 0 Å².